The van der Waals surface area contributed by atoms with Crippen LogP contribution in [0.5, 0.6) is 5.75 Å². The van der Waals surface area contributed by atoms with Crippen molar-refractivity contribution < 1.29 is 23.8 Å². The van der Waals surface area contributed by atoms with E-state index in [9.17, 15) is 19.1 Å². The number of hydrogen-bond acceptors (Lipinski definition) is 4. The molecule has 1 atom stereocenters. The maximum Gasteiger partial charge on any atom is 0.257 e. The second-order valence-corrected chi connectivity index (χ2v) is 6.08. The molecule has 2 aromatic carbocycles. The van der Waals surface area contributed by atoms with Gasteiger partial charge in [0.1, 0.15) is 17.7 Å². The molecule has 2 amide bonds. The van der Waals surface area contributed by atoms with E-state index in [1.54, 1.807) is 23.1 Å². The first-order valence-electron chi connectivity index (χ1n) is 8.21. The van der Waals surface area contributed by atoms with Crippen LogP contribution in [0.4, 0.5) is 10.1 Å². The molecular formula is C19H19FN2O4. The van der Waals surface area contributed by atoms with Gasteiger partial charge in [-0.1, -0.05) is 12.1 Å². The predicted molar refractivity (Wildman–Crippen MR) is 93.4 cm³/mol. The first-order chi connectivity index (χ1) is 12.4. The zero-order valence-electron chi connectivity index (χ0n) is 14.2. The molecule has 136 valence electrons. The maximum atomic E-state index is 13.1. The number of aromatic hydroxyl groups is 1. The highest BCUT2D eigenvalue weighted by atomic mass is 19.1. The number of benzene rings is 2. The van der Waals surface area contributed by atoms with Gasteiger partial charge >= 0.3 is 0 Å². The number of nitrogens with zero attached hydrogens (tertiary/aromatic N) is 1. The van der Waals surface area contributed by atoms with Gasteiger partial charge in [-0.05, 0) is 29.8 Å². The van der Waals surface area contributed by atoms with Crippen molar-refractivity contribution in [3.05, 3.63) is 59.4 Å². The van der Waals surface area contributed by atoms with Gasteiger partial charge in [-0.15, -0.1) is 0 Å². The lowest BCUT2D eigenvalue weighted by Crippen LogP contribution is -2.42. The Bertz CT molecular complexity index is 823. The van der Waals surface area contributed by atoms with Gasteiger partial charge in [0.25, 0.3) is 5.91 Å². The number of carbonyl (C=O) groups is 2. The number of morpholine rings is 1. The van der Waals surface area contributed by atoms with E-state index in [2.05, 4.69) is 5.32 Å². The Labute approximate surface area is 150 Å². The molecule has 0 radical (unpaired) electrons. The average Bonchev–Trinajstić information content (AvgIpc) is 2.61. The number of rotatable bonds is 3. The molecule has 26 heavy (non-hydrogen) atoms. The Morgan fingerprint density at radius 2 is 1.96 bits per heavy atom. The second kappa shape index (κ2) is 7.53. The third-order valence-electron chi connectivity index (χ3n) is 4.14. The normalized spacial score (nSPS) is 17.0. The lowest BCUT2D eigenvalue weighted by molar-refractivity contribution is -0.114. The van der Waals surface area contributed by atoms with Crippen molar-refractivity contribution in [1.29, 1.82) is 0 Å². The standard InChI is InChI=1S/C19H19FN2O4/c1-12(23)21-15-6-7-16(17(24)10-15)19(25)22-8-9-26-18(11-22)13-2-4-14(20)5-3-13/h2-7,10,18,24H,8-9,11H2,1H3,(H,21,23)/t18-/m1/s1. The van der Waals surface area contributed by atoms with E-state index < -0.39 is 0 Å². The number of carbonyl (C=O) groups excluding carboxylic acids is 2. The second-order valence-electron chi connectivity index (χ2n) is 6.08. The van der Waals surface area contributed by atoms with Crippen LogP contribution in [0.1, 0.15) is 28.9 Å². The van der Waals surface area contributed by atoms with Crippen LogP contribution in [0.15, 0.2) is 42.5 Å². The van der Waals surface area contributed by atoms with Crippen LogP contribution in [0.3, 0.4) is 0 Å². The summed E-state index contributed by atoms with van der Waals surface area (Å²) in [5.74, 6) is -1.13. The van der Waals surface area contributed by atoms with Crippen LogP contribution in [-0.4, -0.2) is 41.5 Å². The van der Waals surface area contributed by atoms with Gasteiger partial charge in [0.2, 0.25) is 5.91 Å². The Morgan fingerprint density at radius 1 is 1.23 bits per heavy atom. The Morgan fingerprint density at radius 3 is 2.62 bits per heavy atom. The van der Waals surface area contributed by atoms with Crippen LogP contribution in [0.2, 0.25) is 0 Å². The third kappa shape index (κ3) is 4.00. The van der Waals surface area contributed by atoms with Crippen LogP contribution in [-0.2, 0) is 9.53 Å². The minimum Gasteiger partial charge on any atom is -0.507 e. The smallest absolute Gasteiger partial charge is 0.257 e. The van der Waals surface area contributed by atoms with E-state index in [1.807, 2.05) is 0 Å². The van der Waals surface area contributed by atoms with Gasteiger partial charge in [0, 0.05) is 25.2 Å². The summed E-state index contributed by atoms with van der Waals surface area (Å²) >= 11 is 0. The number of halogens is 1. The first-order valence-corrected chi connectivity index (χ1v) is 8.21. The van der Waals surface area contributed by atoms with Crippen LogP contribution in [0.25, 0.3) is 0 Å². The van der Waals surface area contributed by atoms with Crippen molar-refractivity contribution in [2.24, 2.45) is 0 Å². The number of phenols is 1. The van der Waals surface area contributed by atoms with Crippen LogP contribution >= 0.6 is 0 Å². The number of amides is 2. The summed E-state index contributed by atoms with van der Waals surface area (Å²) in [4.78, 5) is 25.4. The number of phenolic OH excluding ortho intramolecular Hbond substituents is 1. The number of ether oxygens (including phenoxy) is 1. The molecule has 0 aromatic heterocycles. The van der Waals surface area contributed by atoms with Crippen LogP contribution in [0, 0.1) is 5.82 Å². The Kier molecular flexibility index (Phi) is 5.18. The number of anilines is 1. The molecule has 1 saturated heterocycles. The molecule has 1 aliphatic heterocycles. The molecule has 3 rings (SSSR count). The van der Waals surface area contributed by atoms with Crippen molar-refractivity contribution in [3.63, 3.8) is 0 Å². The topological polar surface area (TPSA) is 78.9 Å². The number of hydrogen-bond donors (Lipinski definition) is 2. The van der Waals surface area contributed by atoms with Gasteiger partial charge in [0.05, 0.1) is 18.7 Å². The average molecular weight is 358 g/mol. The molecule has 1 heterocycles. The van der Waals surface area contributed by atoms with Gasteiger partial charge < -0.3 is 20.1 Å². The maximum absolute atomic E-state index is 13.1. The van der Waals surface area contributed by atoms with E-state index in [0.717, 1.165) is 5.56 Å². The minimum absolute atomic E-state index is 0.152. The van der Waals surface area contributed by atoms with E-state index in [4.69, 9.17) is 4.74 Å². The Hall–Kier alpha value is -2.93. The van der Waals surface area contributed by atoms with Gasteiger partial charge in [0.15, 0.2) is 0 Å². The van der Waals surface area contributed by atoms with E-state index in [1.165, 1.54) is 31.2 Å². The molecule has 1 aliphatic rings. The summed E-state index contributed by atoms with van der Waals surface area (Å²) in [6.07, 6.45) is -0.353. The highest BCUT2D eigenvalue weighted by molar-refractivity contribution is 5.98. The highest BCUT2D eigenvalue weighted by Gasteiger charge is 2.27. The van der Waals surface area contributed by atoms with Gasteiger partial charge in [-0.25, -0.2) is 4.39 Å². The van der Waals surface area contributed by atoms with Gasteiger partial charge in [-0.2, -0.15) is 0 Å². The molecule has 2 aromatic rings. The van der Waals surface area contributed by atoms with Crippen molar-refractivity contribution in [1.82, 2.24) is 4.90 Å². The lowest BCUT2D eigenvalue weighted by Gasteiger charge is -2.33. The van der Waals surface area contributed by atoms with E-state index in [0.29, 0.717) is 25.4 Å². The largest absolute Gasteiger partial charge is 0.507 e. The van der Waals surface area contributed by atoms with Crippen molar-refractivity contribution >= 4 is 17.5 Å². The summed E-state index contributed by atoms with van der Waals surface area (Å²) in [6, 6.07) is 10.4. The summed E-state index contributed by atoms with van der Waals surface area (Å²) in [5.41, 5.74) is 1.35. The number of nitrogens with one attached hydrogen (secondary N) is 1. The lowest BCUT2D eigenvalue weighted by atomic mass is 10.1. The molecular weight excluding hydrogens is 339 g/mol. The zero-order valence-corrected chi connectivity index (χ0v) is 14.2. The molecule has 7 heteroatoms. The summed E-state index contributed by atoms with van der Waals surface area (Å²) in [7, 11) is 0. The van der Waals surface area contributed by atoms with Crippen molar-refractivity contribution in [2.75, 3.05) is 25.0 Å². The fraction of sp³-hybridized carbons (Fsp3) is 0.263. The fourth-order valence-corrected chi connectivity index (χ4v) is 2.88. The highest BCUT2D eigenvalue weighted by Crippen LogP contribution is 2.27. The fourth-order valence-electron chi connectivity index (χ4n) is 2.88. The van der Waals surface area contributed by atoms with Gasteiger partial charge in [-0.3, -0.25) is 9.59 Å². The molecule has 0 aliphatic carbocycles. The van der Waals surface area contributed by atoms with Crippen molar-refractivity contribution in [3.8, 4) is 5.75 Å². The summed E-state index contributed by atoms with van der Waals surface area (Å²) in [5, 5.41) is 12.7. The van der Waals surface area contributed by atoms with E-state index >= 15 is 0 Å². The molecule has 0 spiro atoms. The molecule has 1 fully saturated rings. The molecule has 2 N–H and O–H groups in total. The summed E-state index contributed by atoms with van der Waals surface area (Å²) < 4.78 is 18.8. The summed E-state index contributed by atoms with van der Waals surface area (Å²) in [6.45, 7) is 2.40. The molecule has 0 saturated carbocycles. The SMILES string of the molecule is CC(=O)Nc1ccc(C(=O)N2CCO[C@@H](c3ccc(F)cc3)C2)c(O)c1. The quantitative estimate of drug-likeness (QED) is 0.884. The van der Waals surface area contributed by atoms with Crippen LogP contribution < -0.4 is 5.32 Å². The first kappa shape index (κ1) is 17.9. The predicted octanol–water partition coefficient (Wildman–Crippen LogP) is 2.70. The third-order valence-corrected chi connectivity index (χ3v) is 4.14. The molecule has 6 nitrogen and oxygen atoms in total. The minimum atomic E-state index is -0.353. The molecule has 0 unspecified atom stereocenters. The monoisotopic (exact) mass is 358 g/mol. The molecule has 0 bridgehead atoms. The van der Waals surface area contributed by atoms with Crippen molar-refractivity contribution in [2.45, 2.75) is 13.0 Å². The Balaban J connectivity index is 1.74. The zero-order chi connectivity index (χ0) is 18.7. The van der Waals surface area contributed by atoms with E-state index in [-0.39, 0.29) is 35.0 Å².